The van der Waals surface area contributed by atoms with Gasteiger partial charge in [-0.1, -0.05) is 43.7 Å². The minimum Gasteiger partial charge on any atom is -0.393 e. The number of nitrogens with two attached hydrogens (primary N) is 1. The summed E-state index contributed by atoms with van der Waals surface area (Å²) in [6, 6.07) is 5.31. The van der Waals surface area contributed by atoms with E-state index in [1.807, 2.05) is 26.8 Å². The van der Waals surface area contributed by atoms with Crippen LogP contribution in [0.5, 0.6) is 0 Å². The SMILES string of the molecule is Cc1ccc(C(=O)NCC(C)(C)C(N)=S)c(Cl)c1. The van der Waals surface area contributed by atoms with Crippen LogP contribution in [0.2, 0.25) is 5.02 Å². The summed E-state index contributed by atoms with van der Waals surface area (Å²) in [7, 11) is 0. The first kappa shape index (κ1) is 14.9. The molecule has 0 heterocycles. The molecule has 0 unspecified atom stereocenters. The summed E-state index contributed by atoms with van der Waals surface area (Å²) in [6.45, 7) is 6.06. The zero-order valence-corrected chi connectivity index (χ0v) is 12.3. The highest BCUT2D eigenvalue weighted by Gasteiger charge is 2.22. The molecule has 0 atom stereocenters. The van der Waals surface area contributed by atoms with Crippen molar-refractivity contribution < 1.29 is 4.79 Å². The lowest BCUT2D eigenvalue weighted by atomic mass is 9.93. The van der Waals surface area contributed by atoms with Crippen LogP contribution in [0, 0.1) is 12.3 Å². The number of amides is 1. The van der Waals surface area contributed by atoms with Crippen LogP contribution in [0.1, 0.15) is 29.8 Å². The molecule has 0 aliphatic heterocycles. The van der Waals surface area contributed by atoms with E-state index in [9.17, 15) is 4.79 Å². The summed E-state index contributed by atoms with van der Waals surface area (Å²) in [5.74, 6) is -0.218. The molecule has 0 spiro atoms. The van der Waals surface area contributed by atoms with Gasteiger partial charge in [-0.05, 0) is 24.6 Å². The number of thiocarbonyl (C=S) groups is 1. The minimum atomic E-state index is -0.415. The predicted octanol–water partition coefficient (Wildman–Crippen LogP) is 2.69. The lowest BCUT2D eigenvalue weighted by Crippen LogP contribution is -2.41. The number of hydrogen-bond acceptors (Lipinski definition) is 2. The van der Waals surface area contributed by atoms with Gasteiger partial charge in [-0.2, -0.15) is 0 Å². The van der Waals surface area contributed by atoms with Gasteiger partial charge in [0.2, 0.25) is 0 Å². The van der Waals surface area contributed by atoms with Gasteiger partial charge < -0.3 is 11.1 Å². The highest BCUT2D eigenvalue weighted by atomic mass is 35.5. The first-order valence-corrected chi connectivity index (χ1v) is 6.37. The van der Waals surface area contributed by atoms with Crippen molar-refractivity contribution in [3.05, 3.63) is 34.3 Å². The van der Waals surface area contributed by atoms with Crippen LogP contribution in [0.3, 0.4) is 0 Å². The number of hydrogen-bond donors (Lipinski definition) is 2. The number of benzene rings is 1. The van der Waals surface area contributed by atoms with E-state index in [-0.39, 0.29) is 5.91 Å². The summed E-state index contributed by atoms with van der Waals surface area (Å²) < 4.78 is 0. The standard InChI is InChI=1S/C13H17ClN2OS/c1-8-4-5-9(10(14)6-8)11(17)16-7-13(2,3)12(15)18/h4-6H,7H2,1-3H3,(H2,15,18)(H,16,17). The van der Waals surface area contributed by atoms with Gasteiger partial charge in [-0.25, -0.2) is 0 Å². The quantitative estimate of drug-likeness (QED) is 0.836. The van der Waals surface area contributed by atoms with E-state index in [1.165, 1.54) is 0 Å². The van der Waals surface area contributed by atoms with E-state index in [2.05, 4.69) is 5.32 Å². The molecule has 1 aromatic rings. The van der Waals surface area contributed by atoms with E-state index in [4.69, 9.17) is 29.6 Å². The summed E-state index contributed by atoms with van der Waals surface area (Å²) in [5.41, 5.74) is 6.66. The molecule has 18 heavy (non-hydrogen) atoms. The molecule has 0 aliphatic rings. The van der Waals surface area contributed by atoms with Crippen LogP contribution >= 0.6 is 23.8 Å². The van der Waals surface area contributed by atoms with Gasteiger partial charge in [0.1, 0.15) is 0 Å². The van der Waals surface area contributed by atoms with E-state index in [0.29, 0.717) is 22.1 Å². The van der Waals surface area contributed by atoms with E-state index in [0.717, 1.165) is 5.56 Å². The highest BCUT2D eigenvalue weighted by molar-refractivity contribution is 7.80. The first-order valence-electron chi connectivity index (χ1n) is 5.58. The third-order valence-corrected chi connectivity index (χ3v) is 3.59. The molecular formula is C13H17ClN2OS. The molecule has 98 valence electrons. The Balaban J connectivity index is 2.75. The van der Waals surface area contributed by atoms with Gasteiger partial charge in [-0.3, -0.25) is 4.79 Å². The van der Waals surface area contributed by atoms with Crippen molar-refractivity contribution in [2.24, 2.45) is 11.1 Å². The van der Waals surface area contributed by atoms with Crippen molar-refractivity contribution >= 4 is 34.7 Å². The zero-order chi connectivity index (χ0) is 13.9. The molecule has 0 radical (unpaired) electrons. The molecule has 1 rings (SSSR count). The summed E-state index contributed by atoms with van der Waals surface area (Å²) in [4.78, 5) is 12.3. The topological polar surface area (TPSA) is 55.1 Å². The highest BCUT2D eigenvalue weighted by Crippen LogP contribution is 2.18. The summed E-state index contributed by atoms with van der Waals surface area (Å²) in [6.07, 6.45) is 0. The Labute approximate surface area is 118 Å². The Morgan fingerprint density at radius 2 is 2.11 bits per heavy atom. The van der Waals surface area contributed by atoms with Gasteiger partial charge in [0.05, 0.1) is 15.6 Å². The fourth-order valence-electron chi connectivity index (χ4n) is 1.29. The largest absolute Gasteiger partial charge is 0.393 e. The number of carbonyl (C=O) groups is 1. The Bertz CT molecular complexity index is 486. The zero-order valence-electron chi connectivity index (χ0n) is 10.7. The Hall–Kier alpha value is -1.13. The second-order valence-electron chi connectivity index (χ2n) is 4.91. The van der Waals surface area contributed by atoms with Crippen LogP contribution in [-0.2, 0) is 0 Å². The number of aryl methyl sites for hydroxylation is 1. The molecule has 3 nitrogen and oxygen atoms in total. The Morgan fingerprint density at radius 1 is 1.50 bits per heavy atom. The van der Waals surface area contributed by atoms with Crippen LogP contribution < -0.4 is 11.1 Å². The van der Waals surface area contributed by atoms with Crippen molar-refractivity contribution in [1.29, 1.82) is 0 Å². The molecule has 0 saturated carbocycles. The molecule has 1 aromatic carbocycles. The number of nitrogens with one attached hydrogen (secondary N) is 1. The van der Waals surface area contributed by atoms with Crippen molar-refractivity contribution in [3.8, 4) is 0 Å². The maximum absolute atomic E-state index is 12.0. The normalized spacial score (nSPS) is 11.1. The van der Waals surface area contributed by atoms with Crippen molar-refractivity contribution in [1.82, 2.24) is 5.32 Å². The van der Waals surface area contributed by atoms with Crippen LogP contribution in [0.15, 0.2) is 18.2 Å². The fraction of sp³-hybridized carbons (Fsp3) is 0.385. The maximum atomic E-state index is 12.0. The molecule has 0 saturated heterocycles. The Morgan fingerprint density at radius 3 is 2.61 bits per heavy atom. The number of carbonyl (C=O) groups excluding carboxylic acids is 1. The van der Waals surface area contributed by atoms with Crippen molar-refractivity contribution in [2.75, 3.05) is 6.54 Å². The number of halogens is 1. The van der Waals surface area contributed by atoms with Crippen molar-refractivity contribution in [3.63, 3.8) is 0 Å². The lowest BCUT2D eigenvalue weighted by Gasteiger charge is -2.23. The van der Waals surface area contributed by atoms with E-state index < -0.39 is 5.41 Å². The van der Waals surface area contributed by atoms with Gasteiger partial charge in [-0.15, -0.1) is 0 Å². The van der Waals surface area contributed by atoms with Gasteiger partial charge in [0.25, 0.3) is 5.91 Å². The molecule has 0 bridgehead atoms. The third kappa shape index (κ3) is 3.68. The van der Waals surface area contributed by atoms with Gasteiger partial charge in [0, 0.05) is 12.0 Å². The predicted molar refractivity (Wildman–Crippen MR) is 79.1 cm³/mol. The van der Waals surface area contributed by atoms with Gasteiger partial charge in [0.15, 0.2) is 0 Å². The molecule has 5 heteroatoms. The van der Waals surface area contributed by atoms with Gasteiger partial charge >= 0.3 is 0 Å². The maximum Gasteiger partial charge on any atom is 0.252 e. The monoisotopic (exact) mass is 284 g/mol. The van der Waals surface area contributed by atoms with Crippen LogP contribution in [-0.4, -0.2) is 17.4 Å². The molecule has 0 aliphatic carbocycles. The Kier molecular flexibility index (Phi) is 4.71. The second kappa shape index (κ2) is 5.67. The molecule has 3 N–H and O–H groups in total. The lowest BCUT2D eigenvalue weighted by molar-refractivity contribution is 0.0945. The average Bonchev–Trinajstić information content (AvgIpc) is 2.25. The average molecular weight is 285 g/mol. The van der Waals surface area contributed by atoms with Crippen molar-refractivity contribution in [2.45, 2.75) is 20.8 Å². The first-order chi connectivity index (χ1) is 8.24. The molecule has 0 aromatic heterocycles. The van der Waals surface area contributed by atoms with Crippen LogP contribution in [0.25, 0.3) is 0 Å². The minimum absolute atomic E-state index is 0.218. The summed E-state index contributed by atoms with van der Waals surface area (Å²) in [5, 5.41) is 3.24. The van der Waals surface area contributed by atoms with E-state index >= 15 is 0 Å². The van der Waals surface area contributed by atoms with E-state index in [1.54, 1.807) is 12.1 Å². The molecular weight excluding hydrogens is 268 g/mol. The molecule has 0 fully saturated rings. The second-order valence-corrected chi connectivity index (χ2v) is 5.76. The smallest absolute Gasteiger partial charge is 0.252 e. The third-order valence-electron chi connectivity index (χ3n) is 2.73. The number of rotatable bonds is 4. The summed E-state index contributed by atoms with van der Waals surface area (Å²) >= 11 is 11.0. The van der Waals surface area contributed by atoms with Crippen LogP contribution in [0.4, 0.5) is 0 Å². The fourth-order valence-corrected chi connectivity index (χ4v) is 1.68. The molecule has 1 amide bonds.